The van der Waals surface area contributed by atoms with E-state index in [0.717, 1.165) is 49.4 Å². The van der Waals surface area contributed by atoms with E-state index in [1.165, 1.54) is 11.4 Å². The van der Waals surface area contributed by atoms with Crippen LogP contribution in [0.5, 0.6) is 5.75 Å². The number of nitrogens with zero attached hydrogens (tertiary/aromatic N) is 1. The van der Waals surface area contributed by atoms with E-state index in [0.29, 0.717) is 5.92 Å². The minimum absolute atomic E-state index is 0.599. The molecule has 0 radical (unpaired) electrons. The molecule has 0 bridgehead atoms. The molecule has 20 heavy (non-hydrogen) atoms. The summed E-state index contributed by atoms with van der Waals surface area (Å²) in [5.41, 5.74) is 9.44. The summed E-state index contributed by atoms with van der Waals surface area (Å²) < 4.78 is 5.40. The van der Waals surface area contributed by atoms with Gasteiger partial charge in [0.05, 0.1) is 12.8 Å². The second-order valence-electron chi connectivity index (χ2n) is 5.44. The maximum atomic E-state index is 5.78. The van der Waals surface area contributed by atoms with Gasteiger partial charge in [-0.15, -0.1) is 0 Å². The summed E-state index contributed by atoms with van der Waals surface area (Å²) in [7, 11) is 1.71. The van der Waals surface area contributed by atoms with Crippen LogP contribution in [0.3, 0.4) is 0 Å². The SMILES string of the molecule is COc1ccccc1Cc1nc2c([nH]1)CC(CN)CC2. The Balaban J connectivity index is 1.81. The standard InChI is InChI=1S/C16H21N3O/c1-20-15-5-3-2-4-12(15)9-16-18-13-7-6-11(10-17)8-14(13)19-16/h2-5,11H,6-10,17H2,1H3,(H,18,19). The average Bonchev–Trinajstić information content (AvgIpc) is 2.89. The lowest BCUT2D eigenvalue weighted by Gasteiger charge is -2.18. The molecule has 0 saturated heterocycles. The zero-order valence-corrected chi connectivity index (χ0v) is 11.9. The van der Waals surface area contributed by atoms with Crippen LogP contribution in [0.1, 0.15) is 29.2 Å². The van der Waals surface area contributed by atoms with Crippen molar-refractivity contribution in [2.45, 2.75) is 25.7 Å². The summed E-state index contributed by atoms with van der Waals surface area (Å²) in [5, 5.41) is 0. The number of nitrogens with two attached hydrogens (primary N) is 1. The van der Waals surface area contributed by atoms with Crippen molar-refractivity contribution in [1.29, 1.82) is 0 Å². The van der Waals surface area contributed by atoms with Crippen molar-refractivity contribution in [2.24, 2.45) is 11.7 Å². The predicted molar refractivity (Wildman–Crippen MR) is 79.0 cm³/mol. The molecule has 1 aromatic heterocycles. The van der Waals surface area contributed by atoms with Gasteiger partial charge < -0.3 is 15.5 Å². The maximum Gasteiger partial charge on any atom is 0.122 e. The van der Waals surface area contributed by atoms with E-state index in [-0.39, 0.29) is 0 Å². The highest BCUT2D eigenvalue weighted by molar-refractivity contribution is 5.36. The first-order valence-electron chi connectivity index (χ1n) is 7.18. The Morgan fingerprint density at radius 2 is 2.25 bits per heavy atom. The molecule has 0 saturated carbocycles. The Bertz CT molecular complexity index is 591. The second kappa shape index (κ2) is 5.67. The van der Waals surface area contributed by atoms with Gasteiger partial charge in [0.15, 0.2) is 0 Å². The topological polar surface area (TPSA) is 63.9 Å². The lowest BCUT2D eigenvalue weighted by atomic mass is 9.90. The number of H-pyrrole nitrogens is 1. The lowest BCUT2D eigenvalue weighted by molar-refractivity contribution is 0.410. The fourth-order valence-corrected chi connectivity index (χ4v) is 2.93. The Morgan fingerprint density at radius 1 is 1.40 bits per heavy atom. The smallest absolute Gasteiger partial charge is 0.122 e. The van der Waals surface area contributed by atoms with Crippen LogP contribution in [-0.4, -0.2) is 23.6 Å². The van der Waals surface area contributed by atoms with Crippen molar-refractivity contribution in [3.05, 3.63) is 47.0 Å². The molecule has 1 atom stereocenters. The molecular weight excluding hydrogens is 250 g/mol. The molecule has 0 amide bonds. The molecule has 0 spiro atoms. The van der Waals surface area contributed by atoms with E-state index in [1.54, 1.807) is 7.11 Å². The number of imidazole rings is 1. The van der Waals surface area contributed by atoms with Gasteiger partial charge in [-0.3, -0.25) is 0 Å². The highest BCUT2D eigenvalue weighted by Gasteiger charge is 2.21. The fraction of sp³-hybridized carbons (Fsp3) is 0.438. The molecule has 4 nitrogen and oxygen atoms in total. The third-order valence-electron chi connectivity index (χ3n) is 4.08. The molecule has 1 aliphatic carbocycles. The van der Waals surface area contributed by atoms with Crippen molar-refractivity contribution in [3.8, 4) is 5.75 Å². The van der Waals surface area contributed by atoms with Gasteiger partial charge in [0.25, 0.3) is 0 Å². The van der Waals surface area contributed by atoms with Crippen LogP contribution < -0.4 is 10.5 Å². The van der Waals surface area contributed by atoms with E-state index in [9.17, 15) is 0 Å². The van der Waals surface area contributed by atoms with Crippen LogP contribution in [-0.2, 0) is 19.3 Å². The Labute approximate surface area is 119 Å². The summed E-state index contributed by atoms with van der Waals surface area (Å²) in [5.74, 6) is 2.54. The largest absolute Gasteiger partial charge is 0.496 e. The minimum atomic E-state index is 0.599. The zero-order chi connectivity index (χ0) is 13.9. The van der Waals surface area contributed by atoms with Gasteiger partial charge in [-0.25, -0.2) is 4.98 Å². The fourth-order valence-electron chi connectivity index (χ4n) is 2.93. The second-order valence-corrected chi connectivity index (χ2v) is 5.44. The van der Waals surface area contributed by atoms with E-state index < -0.39 is 0 Å². The summed E-state index contributed by atoms with van der Waals surface area (Å²) >= 11 is 0. The zero-order valence-electron chi connectivity index (χ0n) is 11.9. The summed E-state index contributed by atoms with van der Waals surface area (Å²) in [4.78, 5) is 8.21. The predicted octanol–water partition coefficient (Wildman–Crippen LogP) is 2.07. The minimum Gasteiger partial charge on any atom is -0.496 e. The van der Waals surface area contributed by atoms with Gasteiger partial charge in [-0.2, -0.15) is 0 Å². The van der Waals surface area contributed by atoms with Gasteiger partial charge in [0.2, 0.25) is 0 Å². The number of ether oxygens (including phenoxy) is 1. The molecule has 4 heteroatoms. The Morgan fingerprint density at radius 3 is 3.05 bits per heavy atom. The molecule has 1 unspecified atom stereocenters. The van der Waals surface area contributed by atoms with Crippen molar-refractivity contribution >= 4 is 0 Å². The van der Waals surface area contributed by atoms with Crippen molar-refractivity contribution < 1.29 is 4.74 Å². The highest BCUT2D eigenvalue weighted by Crippen LogP contribution is 2.25. The van der Waals surface area contributed by atoms with Crippen LogP contribution in [0.25, 0.3) is 0 Å². The molecule has 1 heterocycles. The van der Waals surface area contributed by atoms with Crippen LogP contribution in [0, 0.1) is 5.92 Å². The lowest BCUT2D eigenvalue weighted by Crippen LogP contribution is -2.22. The number of para-hydroxylation sites is 1. The number of methoxy groups -OCH3 is 1. The molecule has 1 aliphatic rings. The first-order valence-corrected chi connectivity index (χ1v) is 7.18. The number of rotatable bonds is 4. The van der Waals surface area contributed by atoms with Crippen molar-refractivity contribution in [3.63, 3.8) is 0 Å². The summed E-state index contributed by atoms with van der Waals surface area (Å²) in [6.45, 7) is 0.764. The van der Waals surface area contributed by atoms with Gasteiger partial charge in [0, 0.05) is 17.7 Å². The molecular formula is C16H21N3O. The molecule has 0 aliphatic heterocycles. The number of aryl methyl sites for hydroxylation is 1. The number of aromatic nitrogens is 2. The van der Waals surface area contributed by atoms with Gasteiger partial charge in [-0.05, 0) is 37.8 Å². The van der Waals surface area contributed by atoms with E-state index in [2.05, 4.69) is 11.1 Å². The van der Waals surface area contributed by atoms with Crippen molar-refractivity contribution in [2.75, 3.05) is 13.7 Å². The molecule has 3 rings (SSSR count). The summed E-state index contributed by atoms with van der Waals surface area (Å²) in [6.07, 6.45) is 4.01. The number of nitrogens with one attached hydrogen (secondary N) is 1. The first kappa shape index (κ1) is 13.2. The Kier molecular flexibility index (Phi) is 3.74. The molecule has 106 valence electrons. The average molecular weight is 271 g/mol. The number of hydrogen-bond acceptors (Lipinski definition) is 3. The van der Waals surface area contributed by atoms with E-state index >= 15 is 0 Å². The van der Waals surface area contributed by atoms with Crippen LogP contribution >= 0.6 is 0 Å². The van der Waals surface area contributed by atoms with Gasteiger partial charge in [0.1, 0.15) is 11.6 Å². The maximum absolute atomic E-state index is 5.78. The number of fused-ring (bicyclic) bond motifs is 1. The molecule has 2 aromatic rings. The highest BCUT2D eigenvalue weighted by atomic mass is 16.5. The first-order chi connectivity index (χ1) is 9.80. The normalized spacial score (nSPS) is 17.8. The van der Waals surface area contributed by atoms with Crippen molar-refractivity contribution in [1.82, 2.24) is 9.97 Å². The van der Waals surface area contributed by atoms with Crippen LogP contribution in [0.15, 0.2) is 24.3 Å². The monoisotopic (exact) mass is 271 g/mol. The summed E-state index contributed by atoms with van der Waals surface area (Å²) in [6, 6.07) is 8.10. The molecule has 3 N–H and O–H groups in total. The molecule has 0 fully saturated rings. The molecule has 1 aromatic carbocycles. The van der Waals surface area contributed by atoms with Gasteiger partial charge >= 0.3 is 0 Å². The van der Waals surface area contributed by atoms with Crippen LogP contribution in [0.2, 0.25) is 0 Å². The third-order valence-corrected chi connectivity index (χ3v) is 4.08. The number of hydrogen-bond donors (Lipinski definition) is 2. The third kappa shape index (κ3) is 2.56. The number of benzene rings is 1. The van der Waals surface area contributed by atoms with Crippen LogP contribution in [0.4, 0.5) is 0 Å². The van der Waals surface area contributed by atoms with E-state index in [4.69, 9.17) is 15.5 Å². The quantitative estimate of drug-likeness (QED) is 0.894. The van der Waals surface area contributed by atoms with Gasteiger partial charge in [-0.1, -0.05) is 18.2 Å². The number of aromatic amines is 1. The Hall–Kier alpha value is -1.81. The van der Waals surface area contributed by atoms with E-state index in [1.807, 2.05) is 18.2 Å².